The minimum atomic E-state index is -3.62. The Labute approximate surface area is 123 Å². The molecular weight excluding hydrogens is 316 g/mol. The largest absolute Gasteiger partial charge is 0.366 e. The van der Waals surface area contributed by atoms with Crippen LogP contribution in [0.4, 0.5) is 14.6 Å². The SMILES string of the molecule is NS(=O)(=O)CCNc1nc2cc(F)c(F)cc2n2ccnc12. The highest BCUT2D eigenvalue weighted by atomic mass is 32.2. The number of primary sulfonamides is 1. The van der Waals surface area contributed by atoms with Gasteiger partial charge in [-0.3, -0.25) is 4.40 Å². The summed E-state index contributed by atoms with van der Waals surface area (Å²) in [5.41, 5.74) is 0.929. The molecule has 0 atom stereocenters. The standard InChI is InChI=1S/C12H11F2N5O2S/c13-7-5-9-10(6-8(7)14)19-3-1-17-12(19)11(18-9)16-2-4-22(15,20)21/h1,3,5-6H,2,4H2,(H,16,18)(H2,15,20,21). The number of rotatable bonds is 4. The molecular formula is C12H11F2N5O2S. The number of benzene rings is 1. The van der Waals surface area contributed by atoms with Crippen molar-refractivity contribution in [2.45, 2.75) is 0 Å². The van der Waals surface area contributed by atoms with E-state index in [1.807, 2.05) is 0 Å². The average molecular weight is 327 g/mol. The Morgan fingerprint density at radius 3 is 2.73 bits per heavy atom. The summed E-state index contributed by atoms with van der Waals surface area (Å²) in [5.74, 6) is -2.04. The highest BCUT2D eigenvalue weighted by Crippen LogP contribution is 2.22. The van der Waals surface area contributed by atoms with E-state index in [0.29, 0.717) is 11.2 Å². The van der Waals surface area contributed by atoms with Crippen molar-refractivity contribution in [3.8, 4) is 0 Å². The third kappa shape index (κ3) is 2.70. The lowest BCUT2D eigenvalue weighted by Crippen LogP contribution is -2.22. The topological polar surface area (TPSA) is 102 Å². The molecule has 0 amide bonds. The summed E-state index contributed by atoms with van der Waals surface area (Å²) in [4.78, 5) is 8.24. The van der Waals surface area contributed by atoms with Gasteiger partial charge in [0.05, 0.1) is 16.8 Å². The van der Waals surface area contributed by atoms with Gasteiger partial charge in [-0.1, -0.05) is 0 Å². The Bertz CT molecular complexity index is 970. The Kier molecular flexibility index (Phi) is 3.41. The van der Waals surface area contributed by atoms with E-state index in [-0.39, 0.29) is 23.6 Å². The number of anilines is 1. The zero-order valence-electron chi connectivity index (χ0n) is 11.1. The molecule has 116 valence electrons. The van der Waals surface area contributed by atoms with Gasteiger partial charge >= 0.3 is 0 Å². The number of hydrogen-bond donors (Lipinski definition) is 2. The number of nitrogens with one attached hydrogen (secondary N) is 1. The first-order chi connectivity index (χ1) is 10.3. The third-order valence-electron chi connectivity index (χ3n) is 3.04. The van der Waals surface area contributed by atoms with Crippen LogP contribution in [0.3, 0.4) is 0 Å². The van der Waals surface area contributed by atoms with Gasteiger partial charge in [0.1, 0.15) is 0 Å². The van der Waals surface area contributed by atoms with Crippen LogP contribution in [0.25, 0.3) is 16.7 Å². The van der Waals surface area contributed by atoms with E-state index >= 15 is 0 Å². The maximum atomic E-state index is 13.4. The molecule has 0 spiro atoms. The van der Waals surface area contributed by atoms with Crippen LogP contribution in [0.15, 0.2) is 24.5 Å². The molecule has 0 aliphatic rings. The van der Waals surface area contributed by atoms with E-state index in [2.05, 4.69) is 15.3 Å². The number of fused-ring (bicyclic) bond motifs is 3. The summed E-state index contributed by atoms with van der Waals surface area (Å²) < 4.78 is 50.1. The van der Waals surface area contributed by atoms with Crippen molar-refractivity contribution >= 4 is 32.5 Å². The normalized spacial score (nSPS) is 12.1. The predicted molar refractivity (Wildman–Crippen MR) is 76.9 cm³/mol. The molecule has 10 heteroatoms. The minimum Gasteiger partial charge on any atom is -0.366 e. The van der Waals surface area contributed by atoms with Crippen LogP contribution in [-0.2, 0) is 10.0 Å². The van der Waals surface area contributed by atoms with E-state index in [1.54, 1.807) is 6.20 Å². The predicted octanol–water partition coefficient (Wildman–Crippen LogP) is 0.861. The summed E-state index contributed by atoms with van der Waals surface area (Å²) in [6, 6.07) is 2.00. The fourth-order valence-corrected chi connectivity index (χ4v) is 2.47. The fourth-order valence-electron chi connectivity index (χ4n) is 2.08. The van der Waals surface area contributed by atoms with Crippen LogP contribution in [0.5, 0.6) is 0 Å². The smallest absolute Gasteiger partial charge is 0.210 e. The van der Waals surface area contributed by atoms with Crippen LogP contribution < -0.4 is 10.5 Å². The van der Waals surface area contributed by atoms with Crippen molar-refractivity contribution < 1.29 is 17.2 Å². The second-order valence-electron chi connectivity index (χ2n) is 4.63. The van der Waals surface area contributed by atoms with Crippen LogP contribution in [0, 0.1) is 11.6 Å². The summed E-state index contributed by atoms with van der Waals surface area (Å²) in [5, 5.41) is 7.71. The molecule has 22 heavy (non-hydrogen) atoms. The molecule has 1 aromatic carbocycles. The molecule has 3 rings (SSSR count). The molecule has 3 N–H and O–H groups in total. The maximum absolute atomic E-state index is 13.4. The van der Waals surface area contributed by atoms with Crippen LogP contribution in [0.1, 0.15) is 0 Å². The molecule has 0 bridgehead atoms. The van der Waals surface area contributed by atoms with Crippen molar-refractivity contribution in [1.29, 1.82) is 0 Å². The molecule has 2 heterocycles. The molecule has 7 nitrogen and oxygen atoms in total. The number of nitrogens with zero attached hydrogens (tertiary/aromatic N) is 3. The fraction of sp³-hybridized carbons (Fsp3) is 0.167. The first-order valence-electron chi connectivity index (χ1n) is 6.21. The highest BCUT2D eigenvalue weighted by Gasteiger charge is 2.13. The van der Waals surface area contributed by atoms with E-state index in [9.17, 15) is 17.2 Å². The van der Waals surface area contributed by atoms with Gasteiger partial charge in [-0.25, -0.2) is 32.3 Å². The van der Waals surface area contributed by atoms with Gasteiger partial charge in [0.15, 0.2) is 23.1 Å². The third-order valence-corrected chi connectivity index (χ3v) is 3.81. The molecule has 2 aromatic heterocycles. The molecule has 0 saturated carbocycles. The second kappa shape index (κ2) is 5.14. The summed E-state index contributed by atoms with van der Waals surface area (Å²) in [6.07, 6.45) is 3.05. The van der Waals surface area contributed by atoms with E-state index in [0.717, 1.165) is 12.1 Å². The summed E-state index contributed by atoms with van der Waals surface area (Å²) >= 11 is 0. The van der Waals surface area contributed by atoms with Crippen molar-refractivity contribution in [2.75, 3.05) is 17.6 Å². The Balaban J connectivity index is 2.09. The van der Waals surface area contributed by atoms with Gasteiger partial charge in [0, 0.05) is 31.1 Å². The summed E-state index contributed by atoms with van der Waals surface area (Å²) in [7, 11) is -3.62. The highest BCUT2D eigenvalue weighted by molar-refractivity contribution is 7.89. The molecule has 0 radical (unpaired) electrons. The van der Waals surface area contributed by atoms with Gasteiger partial charge in [-0.15, -0.1) is 0 Å². The number of halogens is 2. The first-order valence-corrected chi connectivity index (χ1v) is 7.93. The maximum Gasteiger partial charge on any atom is 0.210 e. The van der Waals surface area contributed by atoms with Gasteiger partial charge in [0.2, 0.25) is 10.0 Å². The number of aromatic nitrogens is 3. The lowest BCUT2D eigenvalue weighted by Gasteiger charge is -2.09. The lowest BCUT2D eigenvalue weighted by molar-refractivity contribution is 0.510. The molecule has 0 fully saturated rings. The van der Waals surface area contributed by atoms with Crippen LogP contribution >= 0.6 is 0 Å². The molecule has 0 saturated heterocycles. The minimum absolute atomic E-state index is 0.0174. The molecule has 0 unspecified atom stereocenters. The van der Waals surface area contributed by atoms with Crippen molar-refractivity contribution in [3.63, 3.8) is 0 Å². The number of hydrogen-bond acceptors (Lipinski definition) is 5. The van der Waals surface area contributed by atoms with Crippen molar-refractivity contribution in [3.05, 3.63) is 36.2 Å². The quantitative estimate of drug-likeness (QED) is 0.740. The summed E-state index contributed by atoms with van der Waals surface area (Å²) in [6.45, 7) is 0.0174. The Morgan fingerprint density at radius 2 is 2.00 bits per heavy atom. The van der Waals surface area contributed by atoms with Crippen molar-refractivity contribution in [2.24, 2.45) is 5.14 Å². The van der Waals surface area contributed by atoms with Gasteiger partial charge in [0.25, 0.3) is 0 Å². The van der Waals surface area contributed by atoms with E-state index in [4.69, 9.17) is 5.14 Å². The van der Waals surface area contributed by atoms with Crippen molar-refractivity contribution in [1.82, 2.24) is 14.4 Å². The number of nitrogens with two attached hydrogens (primary N) is 1. The van der Waals surface area contributed by atoms with E-state index in [1.165, 1.54) is 10.6 Å². The number of imidazole rings is 1. The Morgan fingerprint density at radius 1 is 1.27 bits per heavy atom. The van der Waals surface area contributed by atoms with Gasteiger partial charge in [-0.05, 0) is 0 Å². The van der Waals surface area contributed by atoms with Gasteiger partial charge in [-0.2, -0.15) is 0 Å². The lowest BCUT2D eigenvalue weighted by atomic mass is 10.2. The molecule has 0 aliphatic heterocycles. The average Bonchev–Trinajstić information content (AvgIpc) is 2.89. The van der Waals surface area contributed by atoms with E-state index < -0.39 is 21.7 Å². The van der Waals surface area contributed by atoms with Crippen LogP contribution in [0.2, 0.25) is 0 Å². The molecule has 3 aromatic rings. The Hall–Kier alpha value is -2.33. The molecule has 0 aliphatic carbocycles. The second-order valence-corrected chi connectivity index (χ2v) is 6.36. The van der Waals surface area contributed by atoms with Gasteiger partial charge < -0.3 is 5.32 Å². The number of sulfonamides is 1. The zero-order chi connectivity index (χ0) is 15.9. The zero-order valence-corrected chi connectivity index (χ0v) is 11.9. The van der Waals surface area contributed by atoms with Crippen LogP contribution in [-0.4, -0.2) is 35.1 Å². The monoisotopic (exact) mass is 327 g/mol. The first kappa shape index (κ1) is 14.6.